The van der Waals surface area contributed by atoms with Crippen LogP contribution in [-0.4, -0.2) is 52.2 Å². The van der Waals surface area contributed by atoms with Gasteiger partial charge < -0.3 is 24.8 Å². The Hall–Kier alpha value is -4.64. The average Bonchev–Trinajstić information content (AvgIpc) is 3.65. The third kappa shape index (κ3) is 4.47. The summed E-state index contributed by atoms with van der Waals surface area (Å²) in [6.45, 7) is 2.77. The van der Waals surface area contributed by atoms with E-state index >= 15 is 4.39 Å². The lowest BCUT2D eigenvalue weighted by Gasteiger charge is -2.29. The summed E-state index contributed by atoms with van der Waals surface area (Å²) < 4.78 is 36.8. The second-order valence-corrected chi connectivity index (χ2v) is 9.94. The molecule has 40 heavy (non-hydrogen) atoms. The molecule has 11 heteroatoms. The largest absolute Gasteiger partial charge is 0.496 e. The first-order valence-corrected chi connectivity index (χ1v) is 12.8. The molecule has 9 nitrogen and oxygen atoms in total. The van der Waals surface area contributed by atoms with E-state index in [4.69, 9.17) is 4.74 Å². The minimum absolute atomic E-state index is 0.0154. The summed E-state index contributed by atoms with van der Waals surface area (Å²) in [5, 5.41) is 6.22. The molecule has 2 aliphatic heterocycles. The van der Waals surface area contributed by atoms with Crippen LogP contribution in [0.25, 0.3) is 22.5 Å². The Morgan fingerprint density at radius 3 is 2.70 bits per heavy atom. The summed E-state index contributed by atoms with van der Waals surface area (Å²) in [6, 6.07) is 12.4. The van der Waals surface area contributed by atoms with Crippen molar-refractivity contribution in [2.75, 3.05) is 23.9 Å². The monoisotopic (exact) mass is 544 g/mol. The van der Waals surface area contributed by atoms with Gasteiger partial charge in [-0.3, -0.25) is 9.59 Å². The number of amides is 1. The minimum Gasteiger partial charge on any atom is -0.496 e. The van der Waals surface area contributed by atoms with Gasteiger partial charge in [-0.15, -0.1) is 0 Å². The number of carbonyl (C=O) groups is 1. The Bertz CT molecular complexity index is 1710. The molecule has 2 aromatic heterocycles. The predicted molar refractivity (Wildman–Crippen MR) is 147 cm³/mol. The van der Waals surface area contributed by atoms with Gasteiger partial charge in [-0.1, -0.05) is 6.07 Å². The van der Waals surface area contributed by atoms with Gasteiger partial charge in [0.05, 0.1) is 24.0 Å². The van der Waals surface area contributed by atoms with Crippen molar-refractivity contribution in [3.8, 4) is 28.3 Å². The van der Waals surface area contributed by atoms with E-state index in [-0.39, 0.29) is 40.1 Å². The summed E-state index contributed by atoms with van der Waals surface area (Å²) in [6.07, 6.45) is 2.93. The molecular formula is C29H26F2N6O3. The Balaban J connectivity index is 1.38. The van der Waals surface area contributed by atoms with E-state index in [2.05, 4.69) is 32.4 Å². The number of pyridine rings is 1. The smallest absolute Gasteiger partial charge is 0.274 e. The van der Waals surface area contributed by atoms with Crippen LogP contribution in [-0.2, 0) is 7.05 Å². The molecule has 1 unspecified atom stereocenters. The molecule has 2 aromatic carbocycles. The number of aryl methyl sites for hydroxylation is 1. The van der Waals surface area contributed by atoms with Crippen LogP contribution >= 0.6 is 0 Å². The molecule has 1 amide bonds. The third-order valence-corrected chi connectivity index (χ3v) is 7.48. The van der Waals surface area contributed by atoms with Gasteiger partial charge in [-0.25, -0.2) is 18.7 Å². The summed E-state index contributed by atoms with van der Waals surface area (Å²) >= 11 is 0. The van der Waals surface area contributed by atoms with E-state index in [1.165, 1.54) is 48.2 Å². The molecule has 4 aromatic rings. The van der Waals surface area contributed by atoms with Crippen molar-refractivity contribution in [1.29, 1.82) is 0 Å². The first-order valence-electron chi connectivity index (χ1n) is 12.8. The van der Waals surface area contributed by atoms with Crippen LogP contribution in [0.2, 0.25) is 0 Å². The molecule has 2 N–H and O–H groups in total. The number of fused-ring (bicyclic) bond motifs is 1. The number of hydrogen-bond acceptors (Lipinski definition) is 7. The number of hydrogen-bond donors (Lipinski definition) is 2. The van der Waals surface area contributed by atoms with Crippen molar-refractivity contribution >= 4 is 17.3 Å². The zero-order chi connectivity index (χ0) is 28.1. The molecule has 0 aliphatic carbocycles. The van der Waals surface area contributed by atoms with E-state index in [1.54, 1.807) is 31.4 Å². The molecule has 2 saturated heterocycles. The average molecular weight is 545 g/mol. The van der Waals surface area contributed by atoms with Crippen LogP contribution in [0.1, 0.15) is 17.4 Å². The summed E-state index contributed by atoms with van der Waals surface area (Å²) in [5.41, 5.74) is 1.56. The maximum atomic E-state index is 15.5. The van der Waals surface area contributed by atoms with E-state index in [0.717, 1.165) is 0 Å². The number of aromatic nitrogens is 3. The highest BCUT2D eigenvalue weighted by Gasteiger charge is 2.50. The highest BCUT2D eigenvalue weighted by molar-refractivity contribution is 6.05. The molecule has 204 valence electrons. The zero-order valence-corrected chi connectivity index (χ0v) is 22.0. The van der Waals surface area contributed by atoms with Crippen molar-refractivity contribution in [2.24, 2.45) is 7.05 Å². The topological polar surface area (TPSA) is 111 Å². The van der Waals surface area contributed by atoms with E-state index < -0.39 is 17.5 Å². The molecule has 0 radical (unpaired) electrons. The summed E-state index contributed by atoms with van der Waals surface area (Å²) in [7, 11) is 3.01. The summed E-state index contributed by atoms with van der Waals surface area (Å²) in [5.74, 6) is -1.55. The number of rotatable bonds is 6. The maximum Gasteiger partial charge on any atom is 0.274 e. The van der Waals surface area contributed by atoms with Crippen LogP contribution < -0.4 is 25.8 Å². The number of benzene rings is 2. The fourth-order valence-corrected chi connectivity index (χ4v) is 5.28. The van der Waals surface area contributed by atoms with E-state index in [0.29, 0.717) is 35.4 Å². The van der Waals surface area contributed by atoms with Crippen LogP contribution in [0.4, 0.5) is 20.2 Å². The molecule has 3 atom stereocenters. The Kier molecular flexibility index (Phi) is 6.30. The molecule has 6 rings (SSSR count). The molecular weight excluding hydrogens is 518 g/mol. The predicted octanol–water partition coefficient (Wildman–Crippen LogP) is 3.60. The zero-order valence-electron chi connectivity index (χ0n) is 22.0. The van der Waals surface area contributed by atoms with Gasteiger partial charge in [0.25, 0.3) is 5.91 Å². The lowest BCUT2D eigenvalue weighted by Crippen LogP contribution is -2.36. The van der Waals surface area contributed by atoms with E-state index in [9.17, 15) is 14.0 Å². The molecule has 2 aliphatic rings. The van der Waals surface area contributed by atoms with Crippen LogP contribution in [0.3, 0.4) is 0 Å². The number of halogens is 2. The van der Waals surface area contributed by atoms with Gasteiger partial charge in [-0.05, 0) is 37.3 Å². The number of ether oxygens (including phenoxy) is 1. The first kappa shape index (κ1) is 25.6. The van der Waals surface area contributed by atoms with Gasteiger partial charge in [0.1, 0.15) is 23.1 Å². The number of methoxy groups -OCH3 is 1. The van der Waals surface area contributed by atoms with Gasteiger partial charge >= 0.3 is 0 Å². The quantitative estimate of drug-likeness (QED) is 0.357. The minimum atomic E-state index is -0.607. The standard InChI is InChI=1S/C29H26F2N6O3/c1-15-27-22(33-27)14-37(15)23-11-17(16-7-8-25(38)36(2)13-16)19(31)12-21(23)35-29(39)20-9-10-32-28(34-20)26-18(30)5-4-6-24(26)40-3/h4-13,15,22,27,33H,14H2,1-3H3,(H,35,39)/t15-,22+,27?/m0/s1. The van der Waals surface area contributed by atoms with Gasteiger partial charge in [0.2, 0.25) is 5.56 Å². The SMILES string of the molecule is COc1cccc(F)c1-c1nccc(C(=O)Nc2cc(F)c(-c3ccc(=O)n(C)c3)cc2N2C[C@H]3NC3[C@@H]2C)n1. The summed E-state index contributed by atoms with van der Waals surface area (Å²) in [4.78, 5) is 35.8. The fraction of sp³-hybridized carbons (Fsp3) is 0.241. The molecule has 0 bridgehead atoms. The van der Waals surface area contributed by atoms with Crippen molar-refractivity contribution in [1.82, 2.24) is 19.9 Å². The van der Waals surface area contributed by atoms with Gasteiger partial charge in [0.15, 0.2) is 5.82 Å². The molecule has 0 spiro atoms. The normalized spacial score (nSPS) is 19.3. The fourth-order valence-electron chi connectivity index (χ4n) is 5.28. The maximum absolute atomic E-state index is 15.5. The Morgan fingerprint density at radius 2 is 1.98 bits per heavy atom. The van der Waals surface area contributed by atoms with Crippen molar-refractivity contribution in [2.45, 2.75) is 25.0 Å². The van der Waals surface area contributed by atoms with Crippen LogP contribution in [0.5, 0.6) is 5.75 Å². The van der Waals surface area contributed by atoms with Crippen molar-refractivity contribution in [3.63, 3.8) is 0 Å². The van der Waals surface area contributed by atoms with Crippen LogP contribution in [0, 0.1) is 11.6 Å². The van der Waals surface area contributed by atoms with Gasteiger partial charge in [0, 0.05) is 67.4 Å². The Labute approximate surface area is 228 Å². The molecule has 2 fully saturated rings. The lowest BCUT2D eigenvalue weighted by molar-refractivity contribution is 0.102. The third-order valence-electron chi connectivity index (χ3n) is 7.48. The highest BCUT2D eigenvalue weighted by atomic mass is 19.1. The molecule has 4 heterocycles. The number of nitrogens with one attached hydrogen (secondary N) is 2. The number of nitrogens with zero attached hydrogens (tertiary/aromatic N) is 4. The molecule has 0 saturated carbocycles. The van der Waals surface area contributed by atoms with Gasteiger partial charge in [-0.2, -0.15) is 0 Å². The highest BCUT2D eigenvalue weighted by Crippen LogP contribution is 2.40. The van der Waals surface area contributed by atoms with Crippen LogP contribution in [0.15, 0.2) is 65.7 Å². The Morgan fingerprint density at radius 1 is 1.15 bits per heavy atom. The first-order chi connectivity index (χ1) is 19.2. The number of anilines is 2. The lowest BCUT2D eigenvalue weighted by atomic mass is 10.0. The number of carbonyl (C=O) groups excluding carboxylic acids is 1. The second-order valence-electron chi connectivity index (χ2n) is 9.94. The van der Waals surface area contributed by atoms with Crippen molar-refractivity contribution in [3.05, 3.63) is 88.6 Å². The second kappa shape index (κ2) is 9.83. The van der Waals surface area contributed by atoms with Crippen molar-refractivity contribution < 1.29 is 18.3 Å². The van der Waals surface area contributed by atoms with E-state index in [1.807, 2.05) is 0 Å². The number of piperazine rings is 1.